The minimum absolute atomic E-state index is 0.0227. The van der Waals surface area contributed by atoms with Gasteiger partial charge in [0.15, 0.2) is 5.82 Å². The summed E-state index contributed by atoms with van der Waals surface area (Å²) in [5.41, 5.74) is 4.87. The van der Waals surface area contributed by atoms with Gasteiger partial charge in [-0.25, -0.2) is 9.98 Å². The summed E-state index contributed by atoms with van der Waals surface area (Å²) in [6, 6.07) is 10.3. The van der Waals surface area contributed by atoms with Crippen molar-refractivity contribution in [2.24, 2.45) is 4.99 Å². The average Bonchev–Trinajstić information content (AvgIpc) is 2.79. The molecule has 2 aromatic heterocycles. The van der Waals surface area contributed by atoms with Gasteiger partial charge in [-0.2, -0.15) is 0 Å². The summed E-state index contributed by atoms with van der Waals surface area (Å²) in [5, 5.41) is 0. The Balaban J connectivity index is 1.66. The highest BCUT2D eigenvalue weighted by molar-refractivity contribution is 6.09. The van der Waals surface area contributed by atoms with E-state index in [4.69, 9.17) is 4.99 Å². The molecule has 0 radical (unpaired) electrons. The molecule has 1 aromatic carbocycles. The number of carbonyl (C=O) groups is 1. The Bertz CT molecular complexity index is 1090. The van der Waals surface area contributed by atoms with E-state index in [1.807, 2.05) is 24.4 Å². The molecule has 1 atom stereocenters. The summed E-state index contributed by atoms with van der Waals surface area (Å²) in [4.78, 5) is 33.1. The molecule has 0 saturated carbocycles. The molecule has 0 N–H and O–H groups in total. The van der Waals surface area contributed by atoms with Gasteiger partial charge in [-0.15, -0.1) is 0 Å². The Morgan fingerprint density at radius 1 is 1.00 bits per heavy atom. The standard InChI is InChI=1S/C22H19N5O/c1-14-13-27(20(28)10-15-2-4-17(14)5-3-15)22-18-8-16(11-23-12-18)9-19-21(26-22)25-7-6-24-19/h2-8,11-12,14H,9-10,13H2,1H3. The smallest absolute Gasteiger partial charge is 0.232 e. The molecule has 5 heterocycles. The molecule has 6 heteroatoms. The van der Waals surface area contributed by atoms with E-state index in [1.165, 1.54) is 5.56 Å². The molecule has 0 saturated heterocycles. The number of pyridine rings is 1. The summed E-state index contributed by atoms with van der Waals surface area (Å²) in [7, 11) is 0. The highest BCUT2D eigenvalue weighted by Crippen LogP contribution is 2.26. The Morgan fingerprint density at radius 2 is 1.82 bits per heavy atom. The summed E-state index contributed by atoms with van der Waals surface area (Å²) < 4.78 is 0. The molecule has 6 nitrogen and oxygen atoms in total. The van der Waals surface area contributed by atoms with Crippen LogP contribution < -0.4 is 0 Å². The summed E-state index contributed by atoms with van der Waals surface area (Å²) in [6.07, 6.45) is 7.86. The first kappa shape index (κ1) is 16.7. The molecule has 3 aromatic rings. The van der Waals surface area contributed by atoms with Crippen molar-refractivity contribution in [1.82, 2.24) is 19.9 Å². The predicted molar refractivity (Wildman–Crippen MR) is 106 cm³/mol. The van der Waals surface area contributed by atoms with Crippen LogP contribution >= 0.6 is 0 Å². The quantitative estimate of drug-likeness (QED) is 0.611. The lowest BCUT2D eigenvalue weighted by molar-refractivity contribution is -0.126. The second kappa shape index (κ2) is 6.64. The van der Waals surface area contributed by atoms with Crippen molar-refractivity contribution < 1.29 is 4.79 Å². The molecule has 0 spiro atoms. The fourth-order valence-electron chi connectivity index (χ4n) is 3.78. The Kier molecular flexibility index (Phi) is 3.97. The summed E-state index contributed by atoms with van der Waals surface area (Å²) in [6.45, 7) is 2.68. The van der Waals surface area contributed by atoms with E-state index >= 15 is 0 Å². The number of rotatable bonds is 0. The van der Waals surface area contributed by atoms with E-state index in [2.05, 4.69) is 34.0 Å². The molecule has 28 heavy (non-hydrogen) atoms. The topological polar surface area (TPSA) is 71.3 Å². The number of carbonyl (C=O) groups excluding carboxylic acids is 1. The van der Waals surface area contributed by atoms with Crippen molar-refractivity contribution in [3.05, 3.63) is 83.1 Å². The molecule has 0 fully saturated rings. The molecule has 3 aliphatic heterocycles. The molecule has 6 rings (SSSR count). The first-order chi connectivity index (χ1) is 13.7. The second-order valence-corrected chi connectivity index (χ2v) is 7.34. The lowest BCUT2D eigenvalue weighted by Crippen LogP contribution is -2.40. The average molecular weight is 369 g/mol. The van der Waals surface area contributed by atoms with Crippen LogP contribution in [0.2, 0.25) is 0 Å². The van der Waals surface area contributed by atoms with Crippen LogP contribution in [-0.4, -0.2) is 38.1 Å². The van der Waals surface area contributed by atoms with Crippen LogP contribution in [0.4, 0.5) is 5.82 Å². The van der Waals surface area contributed by atoms with E-state index in [0.29, 0.717) is 31.0 Å². The van der Waals surface area contributed by atoms with E-state index in [9.17, 15) is 4.79 Å². The fourth-order valence-corrected chi connectivity index (χ4v) is 3.78. The minimum Gasteiger partial charge on any atom is -0.295 e. The van der Waals surface area contributed by atoms with Crippen molar-refractivity contribution in [3.63, 3.8) is 0 Å². The lowest BCUT2D eigenvalue weighted by Gasteiger charge is -2.27. The maximum absolute atomic E-state index is 13.2. The number of hydrogen-bond acceptors (Lipinski definition) is 5. The van der Waals surface area contributed by atoms with Gasteiger partial charge in [0.05, 0.1) is 12.1 Å². The zero-order valence-electron chi connectivity index (χ0n) is 15.5. The van der Waals surface area contributed by atoms with Crippen molar-refractivity contribution >= 4 is 17.6 Å². The van der Waals surface area contributed by atoms with Gasteiger partial charge < -0.3 is 0 Å². The molecule has 0 aliphatic carbocycles. The largest absolute Gasteiger partial charge is 0.295 e. The zero-order valence-corrected chi connectivity index (χ0v) is 15.5. The second-order valence-electron chi connectivity index (χ2n) is 7.34. The van der Waals surface area contributed by atoms with Crippen LogP contribution in [0.25, 0.3) is 0 Å². The van der Waals surface area contributed by atoms with Crippen LogP contribution in [-0.2, 0) is 17.6 Å². The van der Waals surface area contributed by atoms with Gasteiger partial charge >= 0.3 is 0 Å². The molecule has 3 aliphatic rings. The first-order valence-corrected chi connectivity index (χ1v) is 9.39. The lowest BCUT2D eigenvalue weighted by atomic mass is 10.00. The number of benzene rings is 1. The SMILES string of the molecule is CC1CN(C2=Nc3nccnc3Cc3cncc2c3)C(=O)Cc2ccc1cc2. The number of fused-ring (bicyclic) bond motifs is 9. The normalized spacial score (nSPS) is 18.3. The minimum atomic E-state index is 0.0227. The Hall–Kier alpha value is -3.41. The molecular formula is C22H19N5O. The fraction of sp³-hybridized carbons (Fsp3) is 0.227. The van der Waals surface area contributed by atoms with E-state index < -0.39 is 0 Å². The Morgan fingerprint density at radius 3 is 2.68 bits per heavy atom. The molecule has 138 valence electrons. The van der Waals surface area contributed by atoms with Crippen molar-refractivity contribution in [3.8, 4) is 0 Å². The summed E-state index contributed by atoms with van der Waals surface area (Å²) in [5.74, 6) is 1.36. The molecular weight excluding hydrogens is 350 g/mol. The number of amides is 1. The van der Waals surface area contributed by atoms with Gasteiger partial charge in [0, 0.05) is 43.3 Å². The number of nitrogens with zero attached hydrogens (tertiary/aromatic N) is 5. The van der Waals surface area contributed by atoms with Gasteiger partial charge in [0.25, 0.3) is 0 Å². The van der Waals surface area contributed by atoms with Crippen molar-refractivity contribution in [2.45, 2.75) is 25.7 Å². The number of aliphatic imine (C=N–C) groups is 1. The first-order valence-electron chi connectivity index (χ1n) is 9.39. The van der Waals surface area contributed by atoms with Gasteiger partial charge in [-0.1, -0.05) is 31.2 Å². The van der Waals surface area contributed by atoms with E-state index in [0.717, 1.165) is 22.4 Å². The molecule has 1 amide bonds. The molecule has 1 unspecified atom stereocenters. The highest BCUT2D eigenvalue weighted by Gasteiger charge is 2.27. The Labute approximate surface area is 163 Å². The van der Waals surface area contributed by atoms with Gasteiger partial charge in [-0.3, -0.25) is 19.7 Å². The molecule has 4 bridgehead atoms. The van der Waals surface area contributed by atoms with Gasteiger partial charge in [0.1, 0.15) is 5.84 Å². The van der Waals surface area contributed by atoms with Crippen LogP contribution in [0.15, 0.2) is 60.1 Å². The van der Waals surface area contributed by atoms with Crippen LogP contribution in [0.1, 0.15) is 40.8 Å². The van der Waals surface area contributed by atoms with Crippen LogP contribution in [0.5, 0.6) is 0 Å². The third kappa shape index (κ3) is 2.97. The summed E-state index contributed by atoms with van der Waals surface area (Å²) >= 11 is 0. The maximum atomic E-state index is 13.2. The van der Waals surface area contributed by atoms with E-state index in [-0.39, 0.29) is 11.8 Å². The number of amidine groups is 1. The third-order valence-corrected chi connectivity index (χ3v) is 5.31. The van der Waals surface area contributed by atoms with E-state index in [1.54, 1.807) is 23.5 Å². The zero-order chi connectivity index (χ0) is 19.1. The van der Waals surface area contributed by atoms with Gasteiger partial charge in [0.2, 0.25) is 5.91 Å². The number of aromatic nitrogens is 3. The highest BCUT2D eigenvalue weighted by atomic mass is 16.2. The van der Waals surface area contributed by atoms with Crippen LogP contribution in [0.3, 0.4) is 0 Å². The monoisotopic (exact) mass is 369 g/mol. The maximum Gasteiger partial charge on any atom is 0.232 e. The van der Waals surface area contributed by atoms with Crippen LogP contribution in [0, 0.1) is 0 Å². The number of hydrogen-bond donors (Lipinski definition) is 0. The third-order valence-electron chi connectivity index (χ3n) is 5.31. The van der Waals surface area contributed by atoms with Crippen molar-refractivity contribution in [1.29, 1.82) is 0 Å². The van der Waals surface area contributed by atoms with Gasteiger partial charge in [-0.05, 0) is 28.7 Å². The van der Waals surface area contributed by atoms with Crippen molar-refractivity contribution in [2.75, 3.05) is 6.54 Å². The predicted octanol–water partition coefficient (Wildman–Crippen LogP) is 3.04.